The minimum atomic E-state index is -0.524. The van der Waals surface area contributed by atoms with Crippen molar-refractivity contribution in [2.75, 3.05) is 5.73 Å². The Balaban J connectivity index is 2.01. The standard InChI is InChI=1S/C14H12BrFN2O/c15-11-4-1-9(2-5-11)8-18-14(19)10-3-6-12(16)13(17)7-10/h1-7H,8,17H2,(H,18,19). The number of rotatable bonds is 3. The SMILES string of the molecule is Nc1cc(C(=O)NCc2ccc(Br)cc2)ccc1F. The fourth-order valence-corrected chi connectivity index (χ4v) is 1.84. The number of nitrogens with two attached hydrogens (primary N) is 1. The Hall–Kier alpha value is -1.88. The maximum Gasteiger partial charge on any atom is 0.251 e. The monoisotopic (exact) mass is 322 g/mol. The summed E-state index contributed by atoms with van der Waals surface area (Å²) in [4.78, 5) is 11.9. The molecule has 98 valence electrons. The molecule has 1 amide bonds. The zero-order valence-electron chi connectivity index (χ0n) is 9.99. The maximum atomic E-state index is 13.0. The highest BCUT2D eigenvalue weighted by Gasteiger charge is 2.07. The van der Waals surface area contributed by atoms with Crippen molar-refractivity contribution in [2.24, 2.45) is 0 Å². The van der Waals surface area contributed by atoms with E-state index in [0.29, 0.717) is 12.1 Å². The van der Waals surface area contributed by atoms with Gasteiger partial charge in [0, 0.05) is 16.6 Å². The van der Waals surface area contributed by atoms with Crippen LogP contribution in [0.3, 0.4) is 0 Å². The molecular formula is C14H12BrFN2O. The van der Waals surface area contributed by atoms with E-state index in [1.54, 1.807) is 0 Å². The summed E-state index contributed by atoms with van der Waals surface area (Å²) in [6.07, 6.45) is 0. The van der Waals surface area contributed by atoms with E-state index in [9.17, 15) is 9.18 Å². The van der Waals surface area contributed by atoms with E-state index in [4.69, 9.17) is 5.73 Å². The summed E-state index contributed by atoms with van der Waals surface area (Å²) in [7, 11) is 0. The first kappa shape index (κ1) is 13.5. The van der Waals surface area contributed by atoms with E-state index in [2.05, 4.69) is 21.2 Å². The number of hydrogen-bond donors (Lipinski definition) is 2. The second-order valence-corrected chi connectivity index (χ2v) is 4.96. The van der Waals surface area contributed by atoms with Gasteiger partial charge in [-0.3, -0.25) is 4.79 Å². The summed E-state index contributed by atoms with van der Waals surface area (Å²) in [5.74, 6) is -0.806. The molecule has 0 spiro atoms. The highest BCUT2D eigenvalue weighted by atomic mass is 79.9. The molecule has 3 N–H and O–H groups in total. The van der Waals surface area contributed by atoms with Crippen LogP contribution in [0.25, 0.3) is 0 Å². The topological polar surface area (TPSA) is 55.1 Å². The lowest BCUT2D eigenvalue weighted by molar-refractivity contribution is 0.0951. The molecule has 0 fully saturated rings. The Labute approximate surface area is 118 Å². The minimum Gasteiger partial charge on any atom is -0.396 e. The Morgan fingerprint density at radius 3 is 2.53 bits per heavy atom. The van der Waals surface area contributed by atoms with Gasteiger partial charge in [-0.15, -0.1) is 0 Å². The van der Waals surface area contributed by atoms with Crippen LogP contribution in [-0.4, -0.2) is 5.91 Å². The van der Waals surface area contributed by atoms with Crippen LogP contribution in [0.4, 0.5) is 10.1 Å². The van der Waals surface area contributed by atoms with Gasteiger partial charge in [-0.2, -0.15) is 0 Å². The van der Waals surface area contributed by atoms with Gasteiger partial charge in [-0.25, -0.2) is 4.39 Å². The molecule has 2 aromatic carbocycles. The second-order valence-electron chi connectivity index (χ2n) is 4.05. The molecule has 0 atom stereocenters. The Kier molecular flexibility index (Phi) is 4.16. The molecule has 0 aliphatic rings. The number of carbonyl (C=O) groups is 1. The van der Waals surface area contributed by atoms with Gasteiger partial charge in [0.15, 0.2) is 0 Å². The van der Waals surface area contributed by atoms with Crippen LogP contribution in [0.2, 0.25) is 0 Å². The molecule has 0 saturated carbocycles. The summed E-state index contributed by atoms with van der Waals surface area (Å²) in [5, 5.41) is 2.75. The molecule has 0 radical (unpaired) electrons. The molecule has 0 unspecified atom stereocenters. The molecule has 19 heavy (non-hydrogen) atoms. The number of carbonyl (C=O) groups excluding carboxylic acids is 1. The van der Waals surface area contributed by atoms with Gasteiger partial charge in [-0.1, -0.05) is 28.1 Å². The molecule has 0 heterocycles. The highest BCUT2D eigenvalue weighted by molar-refractivity contribution is 9.10. The first-order valence-electron chi connectivity index (χ1n) is 5.64. The molecule has 5 heteroatoms. The number of anilines is 1. The van der Waals surface area contributed by atoms with Crippen LogP contribution in [0.5, 0.6) is 0 Å². The largest absolute Gasteiger partial charge is 0.396 e. The number of nitrogens with one attached hydrogen (secondary N) is 1. The number of hydrogen-bond acceptors (Lipinski definition) is 2. The van der Waals surface area contributed by atoms with Crippen molar-refractivity contribution in [2.45, 2.75) is 6.54 Å². The highest BCUT2D eigenvalue weighted by Crippen LogP contribution is 2.13. The number of amides is 1. The molecule has 0 aliphatic carbocycles. The number of halogens is 2. The lowest BCUT2D eigenvalue weighted by Gasteiger charge is -2.06. The van der Waals surface area contributed by atoms with Crippen molar-refractivity contribution >= 4 is 27.5 Å². The van der Waals surface area contributed by atoms with E-state index in [-0.39, 0.29) is 11.6 Å². The van der Waals surface area contributed by atoms with E-state index in [0.717, 1.165) is 10.0 Å². The van der Waals surface area contributed by atoms with E-state index < -0.39 is 5.82 Å². The van der Waals surface area contributed by atoms with Gasteiger partial charge >= 0.3 is 0 Å². The van der Waals surface area contributed by atoms with Crippen LogP contribution in [0, 0.1) is 5.82 Å². The van der Waals surface area contributed by atoms with Crippen LogP contribution < -0.4 is 11.1 Å². The Morgan fingerprint density at radius 2 is 1.89 bits per heavy atom. The zero-order chi connectivity index (χ0) is 13.8. The zero-order valence-corrected chi connectivity index (χ0v) is 11.6. The third-order valence-corrected chi connectivity index (χ3v) is 3.15. The molecule has 2 rings (SSSR count). The first-order valence-corrected chi connectivity index (χ1v) is 6.43. The number of benzene rings is 2. The second kappa shape index (κ2) is 5.84. The van der Waals surface area contributed by atoms with E-state index >= 15 is 0 Å². The quantitative estimate of drug-likeness (QED) is 0.853. The average Bonchev–Trinajstić information content (AvgIpc) is 2.41. The van der Waals surface area contributed by atoms with Gasteiger partial charge in [0.05, 0.1) is 5.69 Å². The van der Waals surface area contributed by atoms with Crippen LogP contribution >= 0.6 is 15.9 Å². The lowest BCUT2D eigenvalue weighted by Crippen LogP contribution is -2.22. The third-order valence-electron chi connectivity index (χ3n) is 2.62. The summed E-state index contributed by atoms with van der Waals surface area (Å²) >= 11 is 3.34. The summed E-state index contributed by atoms with van der Waals surface area (Å²) in [6, 6.07) is 11.5. The molecule has 0 aliphatic heterocycles. The van der Waals surface area contributed by atoms with Crippen LogP contribution in [-0.2, 0) is 6.54 Å². The predicted molar refractivity (Wildman–Crippen MR) is 76.1 cm³/mol. The lowest BCUT2D eigenvalue weighted by atomic mass is 10.1. The van der Waals surface area contributed by atoms with Crippen molar-refractivity contribution in [1.29, 1.82) is 0 Å². The molecule has 3 nitrogen and oxygen atoms in total. The van der Waals surface area contributed by atoms with Crippen molar-refractivity contribution in [3.05, 3.63) is 63.9 Å². The fourth-order valence-electron chi connectivity index (χ4n) is 1.57. The summed E-state index contributed by atoms with van der Waals surface area (Å²) < 4.78 is 14.0. The minimum absolute atomic E-state index is 0.0312. The number of nitrogen functional groups attached to an aromatic ring is 1. The van der Waals surface area contributed by atoms with E-state index in [1.807, 2.05) is 24.3 Å². The smallest absolute Gasteiger partial charge is 0.251 e. The maximum absolute atomic E-state index is 13.0. The van der Waals surface area contributed by atoms with Gasteiger partial charge in [0.25, 0.3) is 5.91 Å². The Morgan fingerprint density at radius 1 is 1.21 bits per heavy atom. The molecule has 0 bridgehead atoms. The van der Waals surface area contributed by atoms with Gasteiger partial charge in [0.2, 0.25) is 0 Å². The van der Waals surface area contributed by atoms with Crippen molar-refractivity contribution in [3.63, 3.8) is 0 Å². The fraction of sp³-hybridized carbons (Fsp3) is 0.0714. The van der Waals surface area contributed by atoms with Gasteiger partial charge in [0.1, 0.15) is 5.82 Å². The summed E-state index contributed by atoms with van der Waals surface area (Å²) in [5.41, 5.74) is 6.71. The first-order chi connectivity index (χ1) is 9.06. The van der Waals surface area contributed by atoms with Crippen LogP contribution in [0.15, 0.2) is 46.9 Å². The molecule has 2 aromatic rings. The van der Waals surface area contributed by atoms with E-state index in [1.165, 1.54) is 18.2 Å². The molecular weight excluding hydrogens is 311 g/mol. The third kappa shape index (κ3) is 3.54. The Bertz CT molecular complexity index is 599. The van der Waals surface area contributed by atoms with Crippen molar-refractivity contribution in [1.82, 2.24) is 5.32 Å². The summed E-state index contributed by atoms with van der Waals surface area (Å²) in [6.45, 7) is 0.406. The molecule has 0 aromatic heterocycles. The molecule has 0 saturated heterocycles. The van der Waals surface area contributed by atoms with Gasteiger partial charge < -0.3 is 11.1 Å². The predicted octanol–water partition coefficient (Wildman–Crippen LogP) is 3.10. The van der Waals surface area contributed by atoms with Crippen LogP contribution in [0.1, 0.15) is 15.9 Å². The van der Waals surface area contributed by atoms with Crippen molar-refractivity contribution in [3.8, 4) is 0 Å². The average molecular weight is 323 g/mol. The normalized spacial score (nSPS) is 10.2. The van der Waals surface area contributed by atoms with Crippen molar-refractivity contribution < 1.29 is 9.18 Å². The van der Waals surface area contributed by atoms with Gasteiger partial charge in [-0.05, 0) is 35.9 Å².